The number of aliphatic hydroxyl groups excluding tert-OH is 1. The van der Waals surface area contributed by atoms with Gasteiger partial charge in [-0.15, -0.1) is 0 Å². The van der Waals surface area contributed by atoms with Crippen molar-refractivity contribution in [3.63, 3.8) is 0 Å². The van der Waals surface area contributed by atoms with Crippen molar-refractivity contribution < 1.29 is 18.3 Å². The van der Waals surface area contributed by atoms with E-state index in [4.69, 9.17) is 5.11 Å². The van der Waals surface area contributed by atoms with E-state index in [9.17, 15) is 13.2 Å². The maximum absolute atomic E-state index is 12.9. The highest BCUT2D eigenvalue weighted by molar-refractivity contribution is 5.22. The predicted molar refractivity (Wildman–Crippen MR) is 54.4 cm³/mol. The van der Waals surface area contributed by atoms with Crippen LogP contribution in [0.4, 0.5) is 13.2 Å². The Kier molecular flexibility index (Phi) is 4.76. The molecule has 2 N–H and O–H groups in total. The van der Waals surface area contributed by atoms with Crippen LogP contribution in [0.1, 0.15) is 24.9 Å². The fraction of sp³-hybridized carbons (Fsp3) is 0.455. The molecule has 1 unspecified atom stereocenters. The Bertz CT molecular complexity index is 334. The van der Waals surface area contributed by atoms with E-state index in [0.717, 1.165) is 12.1 Å². The Hall–Kier alpha value is -1.07. The van der Waals surface area contributed by atoms with Gasteiger partial charge in [-0.05, 0) is 37.6 Å². The Balaban J connectivity index is 2.72. The number of benzene rings is 1. The Labute approximate surface area is 92.1 Å². The van der Waals surface area contributed by atoms with Crippen LogP contribution >= 0.6 is 0 Å². The third-order valence-electron chi connectivity index (χ3n) is 2.29. The van der Waals surface area contributed by atoms with Crippen LogP contribution in [0.3, 0.4) is 0 Å². The summed E-state index contributed by atoms with van der Waals surface area (Å²) in [4.78, 5) is 0. The molecule has 0 aromatic heterocycles. The third-order valence-corrected chi connectivity index (χ3v) is 2.29. The number of nitrogens with one attached hydrogen (secondary N) is 1. The van der Waals surface area contributed by atoms with Crippen LogP contribution in [-0.4, -0.2) is 18.3 Å². The molecule has 0 saturated heterocycles. The van der Waals surface area contributed by atoms with Crippen LogP contribution in [0.2, 0.25) is 0 Å². The molecule has 0 aliphatic rings. The van der Waals surface area contributed by atoms with Gasteiger partial charge in [0.25, 0.3) is 0 Å². The molecular weight excluding hydrogens is 219 g/mol. The minimum Gasteiger partial charge on any atom is -0.396 e. The monoisotopic (exact) mass is 233 g/mol. The van der Waals surface area contributed by atoms with E-state index in [1.165, 1.54) is 0 Å². The molecule has 2 nitrogen and oxygen atoms in total. The van der Waals surface area contributed by atoms with Crippen LogP contribution in [0.25, 0.3) is 0 Å². The van der Waals surface area contributed by atoms with E-state index in [1.807, 2.05) is 0 Å². The van der Waals surface area contributed by atoms with Crippen molar-refractivity contribution in [2.75, 3.05) is 13.2 Å². The van der Waals surface area contributed by atoms with Crippen molar-refractivity contribution in [2.45, 2.75) is 19.4 Å². The van der Waals surface area contributed by atoms with Gasteiger partial charge in [-0.1, -0.05) is 0 Å². The topological polar surface area (TPSA) is 32.3 Å². The summed E-state index contributed by atoms with van der Waals surface area (Å²) in [6.07, 6.45) is 0.552. The zero-order chi connectivity index (χ0) is 12.1. The van der Waals surface area contributed by atoms with Gasteiger partial charge in [-0.2, -0.15) is 0 Å². The van der Waals surface area contributed by atoms with Crippen molar-refractivity contribution in [1.82, 2.24) is 5.32 Å². The molecule has 5 heteroatoms. The van der Waals surface area contributed by atoms with E-state index in [-0.39, 0.29) is 12.6 Å². The quantitative estimate of drug-likeness (QED) is 0.603. The van der Waals surface area contributed by atoms with Crippen molar-refractivity contribution in [2.24, 2.45) is 0 Å². The molecule has 1 rings (SSSR count). The zero-order valence-corrected chi connectivity index (χ0v) is 8.93. The first kappa shape index (κ1) is 13.0. The Morgan fingerprint density at radius 3 is 2.31 bits per heavy atom. The standard InChI is InChI=1S/C11H14F3NO/c1-7(15-3-2-4-16)8-5-9(12)11(14)10(13)6-8/h5-7,15-16H,2-4H2,1H3. The van der Waals surface area contributed by atoms with E-state index >= 15 is 0 Å². The van der Waals surface area contributed by atoms with E-state index < -0.39 is 17.5 Å². The number of aliphatic hydroxyl groups is 1. The fourth-order valence-corrected chi connectivity index (χ4v) is 1.34. The minimum atomic E-state index is -1.45. The second kappa shape index (κ2) is 5.86. The number of rotatable bonds is 5. The molecule has 0 spiro atoms. The van der Waals surface area contributed by atoms with Gasteiger partial charge in [0.05, 0.1) is 0 Å². The molecule has 0 fully saturated rings. The first-order chi connectivity index (χ1) is 7.56. The maximum Gasteiger partial charge on any atom is 0.194 e. The van der Waals surface area contributed by atoms with Crippen LogP contribution in [0.15, 0.2) is 12.1 Å². The molecule has 90 valence electrons. The van der Waals surface area contributed by atoms with Crippen molar-refractivity contribution in [3.8, 4) is 0 Å². The minimum absolute atomic E-state index is 0.0475. The van der Waals surface area contributed by atoms with Crippen molar-refractivity contribution in [3.05, 3.63) is 35.1 Å². The van der Waals surface area contributed by atoms with E-state index in [0.29, 0.717) is 18.5 Å². The van der Waals surface area contributed by atoms with Crippen molar-refractivity contribution >= 4 is 0 Å². The summed E-state index contributed by atoms with van der Waals surface area (Å²) >= 11 is 0. The normalized spacial score (nSPS) is 12.8. The molecule has 0 bridgehead atoms. The number of hydrogen-bond acceptors (Lipinski definition) is 2. The summed E-state index contributed by atoms with van der Waals surface area (Å²) in [7, 11) is 0. The molecule has 0 heterocycles. The highest BCUT2D eigenvalue weighted by atomic mass is 19.2. The molecule has 1 aromatic rings. The summed E-state index contributed by atoms with van der Waals surface area (Å²) in [6, 6.07) is 1.64. The Morgan fingerprint density at radius 2 is 1.81 bits per heavy atom. The molecule has 1 atom stereocenters. The largest absolute Gasteiger partial charge is 0.396 e. The highest BCUT2D eigenvalue weighted by Crippen LogP contribution is 2.18. The molecule has 0 aliphatic heterocycles. The van der Waals surface area contributed by atoms with E-state index in [2.05, 4.69) is 5.32 Å². The molecule has 16 heavy (non-hydrogen) atoms. The highest BCUT2D eigenvalue weighted by Gasteiger charge is 2.13. The van der Waals surface area contributed by atoms with Gasteiger partial charge in [0.2, 0.25) is 0 Å². The van der Waals surface area contributed by atoms with Crippen LogP contribution in [-0.2, 0) is 0 Å². The summed E-state index contributed by atoms with van der Waals surface area (Å²) in [5.74, 6) is -3.83. The third kappa shape index (κ3) is 3.21. The van der Waals surface area contributed by atoms with Crippen LogP contribution < -0.4 is 5.32 Å². The van der Waals surface area contributed by atoms with Gasteiger partial charge in [0.15, 0.2) is 17.5 Å². The molecule has 0 radical (unpaired) electrons. The zero-order valence-electron chi connectivity index (χ0n) is 8.93. The van der Waals surface area contributed by atoms with Gasteiger partial charge in [-0.25, -0.2) is 13.2 Å². The average molecular weight is 233 g/mol. The summed E-state index contributed by atoms with van der Waals surface area (Å²) in [6.45, 7) is 2.29. The molecule has 0 amide bonds. The second-order valence-electron chi connectivity index (χ2n) is 3.55. The average Bonchev–Trinajstić information content (AvgIpc) is 2.25. The first-order valence-electron chi connectivity index (χ1n) is 5.05. The predicted octanol–water partition coefficient (Wildman–Crippen LogP) is 2.14. The lowest BCUT2D eigenvalue weighted by atomic mass is 10.1. The van der Waals surface area contributed by atoms with Gasteiger partial charge in [0.1, 0.15) is 0 Å². The molecule has 0 saturated carbocycles. The fourth-order valence-electron chi connectivity index (χ4n) is 1.34. The lowest BCUT2D eigenvalue weighted by Crippen LogP contribution is -2.21. The first-order valence-corrected chi connectivity index (χ1v) is 5.05. The second-order valence-corrected chi connectivity index (χ2v) is 3.55. The Morgan fingerprint density at radius 1 is 1.25 bits per heavy atom. The lowest BCUT2D eigenvalue weighted by Gasteiger charge is -2.14. The van der Waals surface area contributed by atoms with Gasteiger partial charge >= 0.3 is 0 Å². The number of hydrogen-bond donors (Lipinski definition) is 2. The van der Waals surface area contributed by atoms with Crippen molar-refractivity contribution in [1.29, 1.82) is 0 Å². The van der Waals surface area contributed by atoms with Gasteiger partial charge in [0, 0.05) is 12.6 Å². The summed E-state index contributed by atoms with van der Waals surface area (Å²) < 4.78 is 38.5. The molecular formula is C11H14F3NO. The number of halogens is 3. The summed E-state index contributed by atoms with van der Waals surface area (Å²) in [5.41, 5.74) is 0.342. The molecule has 0 aliphatic carbocycles. The summed E-state index contributed by atoms with van der Waals surface area (Å²) in [5, 5.41) is 11.5. The van der Waals surface area contributed by atoms with Gasteiger partial charge < -0.3 is 10.4 Å². The molecule has 1 aromatic carbocycles. The smallest absolute Gasteiger partial charge is 0.194 e. The van der Waals surface area contributed by atoms with Gasteiger partial charge in [-0.3, -0.25) is 0 Å². The maximum atomic E-state index is 12.9. The lowest BCUT2D eigenvalue weighted by molar-refractivity contribution is 0.284. The van der Waals surface area contributed by atoms with Crippen LogP contribution in [0.5, 0.6) is 0 Å². The SMILES string of the molecule is CC(NCCCO)c1cc(F)c(F)c(F)c1. The van der Waals surface area contributed by atoms with Crippen LogP contribution in [0, 0.1) is 17.5 Å². The van der Waals surface area contributed by atoms with E-state index in [1.54, 1.807) is 6.92 Å².